The van der Waals surface area contributed by atoms with E-state index in [1.165, 1.54) is 24.0 Å². The minimum Gasteiger partial charge on any atom is -0.319 e. The first-order valence-corrected chi connectivity index (χ1v) is 6.90. The van der Waals surface area contributed by atoms with Crippen LogP contribution in [0, 0.1) is 0 Å². The first kappa shape index (κ1) is 12.4. The monoisotopic (exact) mass is 256 g/mol. The topological polar surface area (TPSA) is 42.7 Å². The molecule has 100 valence electrons. The van der Waals surface area contributed by atoms with Gasteiger partial charge in [0.2, 0.25) is 0 Å². The number of rotatable bonds is 5. The Labute approximate surface area is 113 Å². The van der Waals surface area contributed by atoms with E-state index in [4.69, 9.17) is 0 Å². The maximum absolute atomic E-state index is 4.12. The van der Waals surface area contributed by atoms with Crippen molar-refractivity contribution in [3.05, 3.63) is 47.5 Å². The summed E-state index contributed by atoms with van der Waals surface area (Å²) in [5.74, 6) is 1.80. The molecular weight excluding hydrogens is 236 g/mol. The molecule has 0 radical (unpaired) electrons. The quantitative estimate of drug-likeness (QED) is 0.894. The molecule has 1 heterocycles. The van der Waals surface area contributed by atoms with Gasteiger partial charge in [0.1, 0.15) is 12.2 Å². The number of aryl methyl sites for hydroxylation is 1. The van der Waals surface area contributed by atoms with E-state index < -0.39 is 0 Å². The van der Waals surface area contributed by atoms with Crippen LogP contribution in [0.4, 0.5) is 0 Å². The van der Waals surface area contributed by atoms with Gasteiger partial charge in [-0.15, -0.1) is 10.2 Å². The number of benzene rings is 1. The van der Waals surface area contributed by atoms with Crippen LogP contribution in [0.3, 0.4) is 0 Å². The van der Waals surface area contributed by atoms with E-state index in [0.29, 0.717) is 0 Å². The lowest BCUT2D eigenvalue weighted by Crippen LogP contribution is -2.21. The third kappa shape index (κ3) is 2.84. The number of hydrogen-bond donors (Lipinski definition) is 1. The van der Waals surface area contributed by atoms with Gasteiger partial charge < -0.3 is 9.88 Å². The molecule has 4 nitrogen and oxygen atoms in total. The maximum Gasteiger partial charge on any atom is 0.149 e. The highest BCUT2D eigenvalue weighted by Crippen LogP contribution is 2.39. The van der Waals surface area contributed by atoms with Crippen LogP contribution in [-0.4, -0.2) is 14.8 Å². The van der Waals surface area contributed by atoms with Crippen LogP contribution in [0.25, 0.3) is 0 Å². The molecule has 4 heteroatoms. The van der Waals surface area contributed by atoms with Gasteiger partial charge >= 0.3 is 0 Å². The minimum atomic E-state index is 0.204. The van der Waals surface area contributed by atoms with Gasteiger partial charge in [-0.25, -0.2) is 0 Å². The lowest BCUT2D eigenvalue weighted by atomic mass is 10.1. The zero-order chi connectivity index (χ0) is 13.2. The second-order valence-electron chi connectivity index (χ2n) is 5.42. The number of nitrogens with zero attached hydrogens (tertiary/aromatic N) is 3. The summed E-state index contributed by atoms with van der Waals surface area (Å²) in [6, 6.07) is 9.19. The van der Waals surface area contributed by atoms with Gasteiger partial charge in [-0.2, -0.15) is 0 Å². The Balaban J connectivity index is 1.58. The molecule has 0 saturated heterocycles. The largest absolute Gasteiger partial charge is 0.319 e. The Bertz CT molecular complexity index is 540. The number of hydrogen-bond acceptors (Lipinski definition) is 3. The summed E-state index contributed by atoms with van der Waals surface area (Å²) in [4.78, 5) is 0. The molecule has 0 aliphatic heterocycles. The maximum atomic E-state index is 4.12. The Morgan fingerprint density at radius 3 is 2.63 bits per heavy atom. The molecule has 1 fully saturated rings. The Morgan fingerprint density at radius 1 is 1.32 bits per heavy atom. The fourth-order valence-electron chi connectivity index (χ4n) is 2.37. The minimum absolute atomic E-state index is 0.204. The van der Waals surface area contributed by atoms with Crippen LogP contribution in [0.2, 0.25) is 0 Å². The standard InChI is InChI=1S/C15H20N4/c1-11(15-18-17-10-19(15)2)16-9-12-3-5-13(6-4-12)14-7-8-14/h3-6,10-11,14,16H,7-9H2,1-2H3. The third-order valence-corrected chi connectivity index (χ3v) is 3.77. The van der Waals surface area contributed by atoms with Crippen LogP contribution in [-0.2, 0) is 13.6 Å². The van der Waals surface area contributed by atoms with Crippen LogP contribution in [0.15, 0.2) is 30.6 Å². The SMILES string of the molecule is CC(NCc1ccc(C2CC2)cc1)c1nncn1C. The molecule has 1 unspecified atom stereocenters. The summed E-state index contributed by atoms with van der Waals surface area (Å²) in [5, 5.41) is 11.5. The van der Waals surface area contributed by atoms with E-state index >= 15 is 0 Å². The van der Waals surface area contributed by atoms with E-state index in [0.717, 1.165) is 18.3 Å². The average Bonchev–Trinajstić information content (AvgIpc) is 3.19. The molecule has 1 aliphatic carbocycles. The first-order chi connectivity index (χ1) is 9.24. The average molecular weight is 256 g/mol. The van der Waals surface area contributed by atoms with Crippen molar-refractivity contribution in [2.45, 2.75) is 38.3 Å². The second-order valence-corrected chi connectivity index (χ2v) is 5.42. The zero-order valence-electron chi connectivity index (χ0n) is 11.5. The third-order valence-electron chi connectivity index (χ3n) is 3.77. The Morgan fingerprint density at radius 2 is 2.05 bits per heavy atom. The van der Waals surface area contributed by atoms with E-state index in [1.807, 2.05) is 11.6 Å². The summed E-state index contributed by atoms with van der Waals surface area (Å²) in [5.41, 5.74) is 2.81. The molecule has 0 bridgehead atoms. The Hall–Kier alpha value is -1.68. The molecule has 1 atom stereocenters. The predicted molar refractivity (Wildman–Crippen MR) is 74.7 cm³/mol. The highest BCUT2D eigenvalue weighted by Gasteiger charge is 2.22. The van der Waals surface area contributed by atoms with Crippen molar-refractivity contribution in [2.75, 3.05) is 0 Å². The molecular formula is C15H20N4. The van der Waals surface area contributed by atoms with Gasteiger partial charge in [0.25, 0.3) is 0 Å². The van der Waals surface area contributed by atoms with Crippen molar-refractivity contribution < 1.29 is 0 Å². The Kier molecular flexibility index (Phi) is 3.34. The van der Waals surface area contributed by atoms with Crippen molar-refractivity contribution in [3.63, 3.8) is 0 Å². The number of nitrogens with one attached hydrogen (secondary N) is 1. The molecule has 1 saturated carbocycles. The van der Waals surface area contributed by atoms with Crippen molar-refractivity contribution in [1.29, 1.82) is 0 Å². The van der Waals surface area contributed by atoms with Crippen LogP contribution in [0.5, 0.6) is 0 Å². The second kappa shape index (κ2) is 5.13. The van der Waals surface area contributed by atoms with E-state index in [-0.39, 0.29) is 6.04 Å². The molecule has 1 aromatic heterocycles. The molecule has 1 N–H and O–H groups in total. The van der Waals surface area contributed by atoms with E-state index in [2.05, 4.69) is 46.7 Å². The highest BCUT2D eigenvalue weighted by molar-refractivity contribution is 5.28. The summed E-state index contributed by atoms with van der Waals surface area (Å²) >= 11 is 0. The van der Waals surface area contributed by atoms with Crippen molar-refractivity contribution in [3.8, 4) is 0 Å². The highest BCUT2D eigenvalue weighted by atomic mass is 15.3. The number of aromatic nitrogens is 3. The van der Waals surface area contributed by atoms with Crippen LogP contribution >= 0.6 is 0 Å². The lowest BCUT2D eigenvalue weighted by molar-refractivity contribution is 0.528. The molecule has 2 aromatic rings. The van der Waals surface area contributed by atoms with Gasteiger partial charge in [-0.1, -0.05) is 24.3 Å². The first-order valence-electron chi connectivity index (χ1n) is 6.90. The summed E-state index contributed by atoms with van der Waals surface area (Å²) < 4.78 is 1.95. The van der Waals surface area contributed by atoms with E-state index in [9.17, 15) is 0 Å². The van der Waals surface area contributed by atoms with Gasteiger partial charge in [0.05, 0.1) is 6.04 Å². The summed E-state index contributed by atoms with van der Waals surface area (Å²) in [7, 11) is 1.97. The van der Waals surface area contributed by atoms with Gasteiger partial charge in [-0.3, -0.25) is 0 Å². The normalized spacial score (nSPS) is 16.5. The van der Waals surface area contributed by atoms with Crippen molar-refractivity contribution in [1.82, 2.24) is 20.1 Å². The van der Waals surface area contributed by atoms with Crippen LogP contribution < -0.4 is 5.32 Å². The summed E-state index contributed by atoms with van der Waals surface area (Å²) in [6.45, 7) is 2.97. The van der Waals surface area contributed by atoms with Gasteiger partial charge in [0, 0.05) is 13.6 Å². The summed E-state index contributed by atoms with van der Waals surface area (Å²) in [6.07, 6.45) is 4.46. The predicted octanol–water partition coefficient (Wildman–Crippen LogP) is 2.54. The van der Waals surface area contributed by atoms with Gasteiger partial charge in [0.15, 0.2) is 0 Å². The van der Waals surface area contributed by atoms with E-state index in [1.54, 1.807) is 6.33 Å². The molecule has 3 rings (SSSR count). The van der Waals surface area contributed by atoms with Crippen LogP contribution in [0.1, 0.15) is 48.7 Å². The lowest BCUT2D eigenvalue weighted by Gasteiger charge is -2.13. The van der Waals surface area contributed by atoms with Crippen molar-refractivity contribution in [2.24, 2.45) is 7.05 Å². The van der Waals surface area contributed by atoms with Gasteiger partial charge in [-0.05, 0) is 36.8 Å². The molecule has 1 aromatic carbocycles. The molecule has 1 aliphatic rings. The molecule has 0 amide bonds. The zero-order valence-corrected chi connectivity index (χ0v) is 11.5. The van der Waals surface area contributed by atoms with Crippen molar-refractivity contribution >= 4 is 0 Å². The fourth-order valence-corrected chi connectivity index (χ4v) is 2.37. The smallest absolute Gasteiger partial charge is 0.149 e. The molecule has 19 heavy (non-hydrogen) atoms. The molecule has 0 spiro atoms. The fraction of sp³-hybridized carbons (Fsp3) is 0.467.